The number of hydrogen-bond acceptors (Lipinski definition) is 5. The van der Waals surface area contributed by atoms with Gasteiger partial charge in [-0.3, -0.25) is 14.7 Å². The maximum Gasteiger partial charge on any atom is 0.328 e. The summed E-state index contributed by atoms with van der Waals surface area (Å²) in [5.74, 6) is 0.131. The molecule has 106 valence electrons. The molecule has 1 aromatic carbocycles. The van der Waals surface area contributed by atoms with Crippen LogP contribution in [-0.2, 0) is 15.5 Å². The third kappa shape index (κ3) is 4.63. The highest BCUT2D eigenvalue weighted by Crippen LogP contribution is 2.42. The Morgan fingerprint density at radius 1 is 1.47 bits per heavy atom. The summed E-state index contributed by atoms with van der Waals surface area (Å²) < 4.78 is 21.2. The lowest BCUT2D eigenvalue weighted by Gasteiger charge is -2.11. The smallest absolute Gasteiger partial charge is 0.328 e. The van der Waals surface area contributed by atoms with Gasteiger partial charge in [0.1, 0.15) is 0 Å². The van der Waals surface area contributed by atoms with E-state index in [0.717, 1.165) is 0 Å². The summed E-state index contributed by atoms with van der Waals surface area (Å²) >= 11 is 0. The maximum atomic E-state index is 11.5. The second-order valence-corrected chi connectivity index (χ2v) is 5.77. The third-order valence-corrected chi connectivity index (χ3v) is 3.91. The van der Waals surface area contributed by atoms with Gasteiger partial charge in [0.15, 0.2) is 5.75 Å². The fourth-order valence-electron chi connectivity index (χ4n) is 1.57. The van der Waals surface area contributed by atoms with E-state index < -0.39 is 12.5 Å². The van der Waals surface area contributed by atoms with Crippen molar-refractivity contribution in [3.8, 4) is 5.75 Å². The van der Waals surface area contributed by atoms with Crippen LogP contribution in [0, 0.1) is 10.1 Å². The summed E-state index contributed by atoms with van der Waals surface area (Å²) in [5.41, 5.74) is 0.541. The van der Waals surface area contributed by atoms with Crippen LogP contribution in [0.2, 0.25) is 0 Å². The van der Waals surface area contributed by atoms with Crippen LogP contribution < -0.4 is 4.74 Å². The molecule has 0 aliphatic heterocycles. The number of hydrogen-bond donors (Lipinski definition) is 1. The Bertz CT molecular complexity index is 504. The van der Waals surface area contributed by atoms with Gasteiger partial charge in [-0.15, -0.1) is 0 Å². The Balaban J connectivity index is 2.81. The molecule has 0 spiro atoms. The molecule has 0 fully saturated rings. The van der Waals surface area contributed by atoms with Gasteiger partial charge in [-0.05, 0) is 25.0 Å². The minimum absolute atomic E-state index is 0.0399. The van der Waals surface area contributed by atoms with Crippen molar-refractivity contribution in [1.82, 2.24) is 0 Å². The topological polar surface area (TPSA) is 98.9 Å². The first-order valence-corrected chi connectivity index (χ1v) is 7.43. The molecule has 0 bridgehead atoms. The summed E-state index contributed by atoms with van der Waals surface area (Å²) in [6.45, 7) is 1.80. The number of aryl methyl sites for hydroxylation is 1. The summed E-state index contributed by atoms with van der Waals surface area (Å²) in [5, 5.41) is 10.7. The number of nitrogens with zero attached hydrogens (tertiary/aromatic N) is 1. The molecule has 1 atom stereocenters. The number of ether oxygens (including phenoxy) is 1. The molecule has 1 rings (SSSR count). The largest absolute Gasteiger partial charge is 0.490 e. The lowest BCUT2D eigenvalue weighted by Crippen LogP contribution is -2.00. The highest BCUT2D eigenvalue weighted by molar-refractivity contribution is 7.52. The summed E-state index contributed by atoms with van der Waals surface area (Å²) in [6.07, 6.45) is 0.240. The van der Waals surface area contributed by atoms with Crippen LogP contribution in [0.25, 0.3) is 0 Å². The van der Waals surface area contributed by atoms with E-state index in [0.29, 0.717) is 5.56 Å². The summed E-state index contributed by atoms with van der Waals surface area (Å²) in [6, 6.07) is 4.34. The summed E-state index contributed by atoms with van der Waals surface area (Å²) in [4.78, 5) is 19.6. The van der Waals surface area contributed by atoms with Gasteiger partial charge in [-0.2, -0.15) is 0 Å². The standard InChI is InChI=1S/C11H16NO6P/c1-3-18-19(15,16)7-6-9-4-5-10(12(13)14)11(8-9)17-2/h4-5,8H,3,6-7H2,1-2H3,(H,15,16). The molecule has 1 aromatic rings. The third-order valence-electron chi connectivity index (χ3n) is 2.45. The van der Waals surface area contributed by atoms with Crippen LogP contribution in [0.4, 0.5) is 5.69 Å². The average molecular weight is 289 g/mol. The number of nitro groups is 1. The first kappa shape index (κ1) is 15.6. The molecule has 0 aliphatic rings. The molecule has 0 saturated heterocycles. The highest BCUT2D eigenvalue weighted by Gasteiger charge is 2.20. The second-order valence-electron chi connectivity index (χ2n) is 3.79. The molecule has 0 amide bonds. The predicted octanol–water partition coefficient (Wildman–Crippen LogP) is 2.37. The monoisotopic (exact) mass is 289 g/mol. The lowest BCUT2D eigenvalue weighted by molar-refractivity contribution is -0.385. The molecule has 0 aliphatic carbocycles. The van der Waals surface area contributed by atoms with Gasteiger partial charge in [0, 0.05) is 6.07 Å². The Morgan fingerprint density at radius 3 is 2.68 bits per heavy atom. The lowest BCUT2D eigenvalue weighted by atomic mass is 10.1. The van der Waals surface area contributed by atoms with Crippen molar-refractivity contribution in [3.05, 3.63) is 33.9 Å². The highest BCUT2D eigenvalue weighted by atomic mass is 31.2. The molecule has 19 heavy (non-hydrogen) atoms. The average Bonchev–Trinajstić information content (AvgIpc) is 2.35. The first-order chi connectivity index (χ1) is 8.89. The zero-order valence-electron chi connectivity index (χ0n) is 10.7. The second kappa shape index (κ2) is 6.65. The van der Waals surface area contributed by atoms with Crippen LogP contribution in [0.5, 0.6) is 5.75 Å². The molecule has 0 radical (unpaired) electrons. The molecule has 0 aromatic heterocycles. The van der Waals surface area contributed by atoms with Crippen molar-refractivity contribution < 1.29 is 23.6 Å². The van der Waals surface area contributed by atoms with E-state index in [4.69, 9.17) is 9.26 Å². The van der Waals surface area contributed by atoms with E-state index >= 15 is 0 Å². The van der Waals surface area contributed by atoms with Crippen molar-refractivity contribution in [2.24, 2.45) is 0 Å². The van der Waals surface area contributed by atoms with Gasteiger partial charge in [-0.1, -0.05) is 6.07 Å². The number of nitro benzene ring substituents is 1. The van der Waals surface area contributed by atoms with E-state index in [1.54, 1.807) is 6.92 Å². The van der Waals surface area contributed by atoms with Crippen molar-refractivity contribution in [2.75, 3.05) is 19.9 Å². The van der Waals surface area contributed by atoms with Crippen molar-refractivity contribution in [3.63, 3.8) is 0 Å². The van der Waals surface area contributed by atoms with E-state index in [1.807, 2.05) is 0 Å². The SMILES string of the molecule is CCOP(=O)(O)CCc1ccc([N+](=O)[O-])c(OC)c1. The number of methoxy groups -OCH3 is 1. The Labute approximate surface area is 110 Å². The van der Waals surface area contributed by atoms with Crippen molar-refractivity contribution in [2.45, 2.75) is 13.3 Å². The molecule has 8 heteroatoms. The maximum absolute atomic E-state index is 11.5. The molecule has 0 saturated carbocycles. The molecular formula is C11H16NO6P. The van der Waals surface area contributed by atoms with Gasteiger partial charge in [0.05, 0.1) is 24.8 Å². The molecular weight excluding hydrogens is 273 g/mol. The molecule has 7 nitrogen and oxygen atoms in total. The number of rotatable bonds is 7. The van der Waals surface area contributed by atoms with Gasteiger partial charge in [0.2, 0.25) is 0 Å². The van der Waals surface area contributed by atoms with E-state index in [2.05, 4.69) is 0 Å². The van der Waals surface area contributed by atoms with Crippen molar-refractivity contribution in [1.29, 1.82) is 0 Å². The normalized spacial score (nSPS) is 13.8. The van der Waals surface area contributed by atoms with Crippen LogP contribution >= 0.6 is 7.60 Å². The van der Waals surface area contributed by atoms with Gasteiger partial charge in [0.25, 0.3) is 0 Å². The molecule has 0 heterocycles. The first-order valence-electron chi connectivity index (χ1n) is 5.67. The van der Waals surface area contributed by atoms with Crippen LogP contribution in [0.1, 0.15) is 12.5 Å². The Kier molecular flexibility index (Phi) is 5.47. The Morgan fingerprint density at radius 2 is 2.16 bits per heavy atom. The Hall–Kier alpha value is -1.43. The molecule has 1 N–H and O–H groups in total. The summed E-state index contributed by atoms with van der Waals surface area (Å²) in [7, 11) is -2.25. The van der Waals surface area contributed by atoms with Gasteiger partial charge < -0.3 is 14.2 Å². The van der Waals surface area contributed by atoms with Crippen LogP contribution in [0.15, 0.2) is 18.2 Å². The van der Waals surface area contributed by atoms with Crippen molar-refractivity contribution >= 4 is 13.3 Å². The van der Waals surface area contributed by atoms with Gasteiger partial charge in [-0.25, -0.2) is 0 Å². The molecule has 1 unspecified atom stereocenters. The fourth-order valence-corrected chi connectivity index (χ4v) is 2.64. The van der Waals surface area contributed by atoms with E-state index in [-0.39, 0.29) is 30.6 Å². The minimum atomic E-state index is -3.59. The van der Waals surface area contributed by atoms with Gasteiger partial charge >= 0.3 is 13.3 Å². The predicted molar refractivity (Wildman–Crippen MR) is 69.7 cm³/mol. The van der Waals surface area contributed by atoms with E-state index in [9.17, 15) is 19.6 Å². The quantitative estimate of drug-likeness (QED) is 0.470. The minimum Gasteiger partial charge on any atom is -0.490 e. The zero-order chi connectivity index (χ0) is 14.5. The van der Waals surface area contributed by atoms with Crippen LogP contribution in [0.3, 0.4) is 0 Å². The van der Waals surface area contributed by atoms with Crippen LogP contribution in [-0.4, -0.2) is 29.7 Å². The zero-order valence-corrected chi connectivity index (χ0v) is 11.6. The van der Waals surface area contributed by atoms with E-state index in [1.165, 1.54) is 25.3 Å². The number of benzene rings is 1. The fraction of sp³-hybridized carbons (Fsp3) is 0.455.